The maximum atomic E-state index is 13.9. The maximum Gasteiger partial charge on any atom is 0.435 e. The Balaban J connectivity index is 1.30. The van der Waals surface area contributed by atoms with E-state index in [9.17, 15) is 22.8 Å². The molecule has 2 aromatic heterocycles. The SMILES string of the molecule is Nc1noc2ccc(-n3nc(C(F)(F)F)c4c3C(=O)N(C3CCN(N5CCOCC5=O)CC3)CC4)cc12. The van der Waals surface area contributed by atoms with E-state index in [2.05, 4.69) is 10.3 Å². The number of piperidine rings is 1. The zero-order valence-electron chi connectivity index (χ0n) is 19.7. The number of morpholine rings is 1. The lowest BCUT2D eigenvalue weighted by Gasteiger charge is -2.44. The molecule has 2 fully saturated rings. The molecule has 37 heavy (non-hydrogen) atoms. The van der Waals surface area contributed by atoms with Crippen molar-refractivity contribution in [3.8, 4) is 5.69 Å². The number of hydrazine groups is 1. The molecule has 196 valence electrons. The van der Waals surface area contributed by atoms with Gasteiger partial charge >= 0.3 is 6.18 Å². The highest BCUT2D eigenvalue weighted by molar-refractivity contribution is 5.97. The summed E-state index contributed by atoms with van der Waals surface area (Å²) in [5, 5.41) is 11.6. The molecule has 3 aliphatic heterocycles. The number of alkyl halides is 3. The van der Waals surface area contributed by atoms with Crippen LogP contribution >= 0.6 is 0 Å². The van der Waals surface area contributed by atoms with Gasteiger partial charge in [-0.1, -0.05) is 5.16 Å². The average molecular weight is 519 g/mol. The van der Waals surface area contributed by atoms with Crippen LogP contribution in [0.5, 0.6) is 0 Å². The Labute approximate surface area is 208 Å². The lowest BCUT2D eigenvalue weighted by molar-refractivity contribution is -0.168. The predicted octanol–water partition coefficient (Wildman–Crippen LogP) is 1.85. The van der Waals surface area contributed by atoms with Crippen molar-refractivity contribution in [3.63, 3.8) is 0 Å². The summed E-state index contributed by atoms with van der Waals surface area (Å²) in [6, 6.07) is 4.40. The number of hydrogen-bond acceptors (Lipinski definition) is 8. The van der Waals surface area contributed by atoms with E-state index in [1.54, 1.807) is 9.91 Å². The number of rotatable bonds is 3. The van der Waals surface area contributed by atoms with Gasteiger partial charge in [-0.05, 0) is 37.5 Å². The van der Waals surface area contributed by atoms with E-state index in [1.807, 2.05) is 5.01 Å². The van der Waals surface area contributed by atoms with Crippen molar-refractivity contribution in [1.82, 2.24) is 29.9 Å². The van der Waals surface area contributed by atoms with Gasteiger partial charge in [-0.25, -0.2) is 9.69 Å². The van der Waals surface area contributed by atoms with E-state index in [0.29, 0.717) is 50.1 Å². The zero-order valence-corrected chi connectivity index (χ0v) is 19.7. The first-order valence-electron chi connectivity index (χ1n) is 12.0. The minimum absolute atomic E-state index is 0.0374. The van der Waals surface area contributed by atoms with Crippen LogP contribution in [0.1, 0.15) is 34.6 Å². The summed E-state index contributed by atoms with van der Waals surface area (Å²) in [5.74, 6) is -0.506. The van der Waals surface area contributed by atoms with Crippen LogP contribution in [-0.4, -0.2) is 87.1 Å². The average Bonchev–Trinajstić information content (AvgIpc) is 3.46. The van der Waals surface area contributed by atoms with Crippen LogP contribution in [0, 0.1) is 0 Å². The summed E-state index contributed by atoms with van der Waals surface area (Å²) in [6.07, 6.45) is -3.49. The number of ether oxygens (including phenoxy) is 1. The van der Waals surface area contributed by atoms with Gasteiger partial charge in [0.1, 0.15) is 12.3 Å². The van der Waals surface area contributed by atoms with Gasteiger partial charge in [-0.2, -0.15) is 18.3 Å². The van der Waals surface area contributed by atoms with Crippen LogP contribution in [0.15, 0.2) is 22.7 Å². The monoisotopic (exact) mass is 519 g/mol. The fourth-order valence-electron chi connectivity index (χ4n) is 5.43. The van der Waals surface area contributed by atoms with Crippen molar-refractivity contribution in [3.05, 3.63) is 35.2 Å². The molecule has 6 rings (SSSR count). The minimum atomic E-state index is -4.71. The number of nitrogens with zero attached hydrogens (tertiary/aromatic N) is 6. The molecular formula is C23H24F3N7O4. The van der Waals surface area contributed by atoms with Crippen molar-refractivity contribution >= 4 is 28.6 Å². The minimum Gasteiger partial charge on any atom is -0.380 e. The second kappa shape index (κ2) is 8.73. The van der Waals surface area contributed by atoms with Gasteiger partial charge in [-0.15, -0.1) is 0 Å². The van der Waals surface area contributed by atoms with E-state index in [-0.39, 0.29) is 54.3 Å². The normalized spacial score (nSPS) is 20.2. The molecule has 2 N–H and O–H groups in total. The molecule has 0 bridgehead atoms. The lowest BCUT2D eigenvalue weighted by Crippen LogP contribution is -2.57. The van der Waals surface area contributed by atoms with E-state index < -0.39 is 17.8 Å². The Hall–Kier alpha value is -3.65. The lowest BCUT2D eigenvalue weighted by atomic mass is 9.97. The fraction of sp³-hybridized carbons (Fsp3) is 0.478. The number of nitrogens with two attached hydrogens (primary N) is 1. The number of carbonyl (C=O) groups excluding carboxylic acids is 2. The molecule has 0 radical (unpaired) electrons. The zero-order chi connectivity index (χ0) is 25.9. The molecule has 3 aliphatic rings. The molecule has 5 heterocycles. The van der Waals surface area contributed by atoms with Crippen molar-refractivity contribution < 1.29 is 32.0 Å². The molecule has 11 nitrogen and oxygen atoms in total. The van der Waals surface area contributed by atoms with E-state index in [4.69, 9.17) is 15.0 Å². The molecule has 0 saturated carbocycles. The smallest absolute Gasteiger partial charge is 0.380 e. The number of nitrogen functional groups attached to an aromatic ring is 1. The summed E-state index contributed by atoms with van der Waals surface area (Å²) in [6.45, 7) is 2.28. The highest BCUT2D eigenvalue weighted by atomic mass is 19.4. The Kier molecular flexibility index (Phi) is 5.60. The van der Waals surface area contributed by atoms with Gasteiger partial charge in [0.2, 0.25) is 0 Å². The van der Waals surface area contributed by atoms with Crippen molar-refractivity contribution in [2.75, 3.05) is 45.1 Å². The second-order valence-corrected chi connectivity index (χ2v) is 9.34. The van der Waals surface area contributed by atoms with Gasteiger partial charge in [-0.3, -0.25) is 14.6 Å². The number of amides is 2. The molecule has 0 spiro atoms. The quantitative estimate of drug-likeness (QED) is 0.556. The molecule has 14 heteroatoms. The van der Waals surface area contributed by atoms with Crippen molar-refractivity contribution in [2.45, 2.75) is 31.5 Å². The number of fused-ring (bicyclic) bond motifs is 2. The molecule has 2 saturated heterocycles. The van der Waals surface area contributed by atoms with Crippen LogP contribution in [0.2, 0.25) is 0 Å². The van der Waals surface area contributed by atoms with E-state index in [1.165, 1.54) is 18.2 Å². The van der Waals surface area contributed by atoms with Crippen LogP contribution in [-0.2, 0) is 22.1 Å². The summed E-state index contributed by atoms with van der Waals surface area (Å²) in [5.41, 5.74) is 5.19. The second-order valence-electron chi connectivity index (χ2n) is 9.34. The van der Waals surface area contributed by atoms with Crippen LogP contribution in [0.4, 0.5) is 19.0 Å². The van der Waals surface area contributed by atoms with Crippen molar-refractivity contribution in [2.24, 2.45) is 0 Å². The topological polar surface area (TPSA) is 123 Å². The maximum absolute atomic E-state index is 13.9. The highest BCUT2D eigenvalue weighted by Crippen LogP contribution is 2.37. The van der Waals surface area contributed by atoms with Gasteiger partial charge in [0.25, 0.3) is 11.8 Å². The number of halogens is 3. The van der Waals surface area contributed by atoms with Crippen LogP contribution in [0.25, 0.3) is 16.7 Å². The number of benzene rings is 1. The van der Waals surface area contributed by atoms with Gasteiger partial charge in [0.15, 0.2) is 17.1 Å². The van der Waals surface area contributed by atoms with Gasteiger partial charge in [0.05, 0.1) is 24.2 Å². The standard InChI is InChI=1S/C23H24F3N7O4/c24-23(25,26)20-15-5-8-31(13-3-6-30(7-4-13)32-9-10-36-12-18(32)34)22(35)19(15)33(28-20)14-1-2-17-16(11-14)21(27)29-37-17/h1-2,11,13H,3-10,12H2,(H2,27,29). The van der Waals surface area contributed by atoms with Crippen LogP contribution in [0.3, 0.4) is 0 Å². The summed E-state index contributed by atoms with van der Waals surface area (Å²) in [4.78, 5) is 27.5. The Morgan fingerprint density at radius 1 is 1.08 bits per heavy atom. The third-order valence-electron chi connectivity index (χ3n) is 7.23. The number of hydrogen-bond donors (Lipinski definition) is 1. The molecule has 0 unspecified atom stereocenters. The Morgan fingerprint density at radius 2 is 1.86 bits per heavy atom. The number of anilines is 1. The molecule has 3 aromatic rings. The van der Waals surface area contributed by atoms with Gasteiger partial charge < -0.3 is 19.9 Å². The first-order chi connectivity index (χ1) is 17.7. The first-order valence-corrected chi connectivity index (χ1v) is 12.0. The number of carbonyl (C=O) groups is 2. The molecule has 0 aliphatic carbocycles. The Morgan fingerprint density at radius 3 is 2.59 bits per heavy atom. The van der Waals surface area contributed by atoms with Crippen LogP contribution < -0.4 is 5.73 Å². The van der Waals surface area contributed by atoms with Gasteiger partial charge in [0, 0.05) is 31.2 Å². The molecule has 0 atom stereocenters. The largest absolute Gasteiger partial charge is 0.435 e. The highest BCUT2D eigenvalue weighted by Gasteiger charge is 2.44. The third-order valence-corrected chi connectivity index (χ3v) is 7.23. The predicted molar refractivity (Wildman–Crippen MR) is 122 cm³/mol. The summed E-state index contributed by atoms with van der Waals surface area (Å²) < 4.78 is 53.1. The van der Waals surface area contributed by atoms with E-state index >= 15 is 0 Å². The fourth-order valence-corrected chi connectivity index (χ4v) is 5.43. The molecule has 2 amide bonds. The first kappa shape index (κ1) is 23.7. The van der Waals surface area contributed by atoms with Crippen molar-refractivity contribution in [1.29, 1.82) is 0 Å². The third kappa shape index (κ3) is 4.00. The number of aromatic nitrogens is 3. The Bertz CT molecular complexity index is 1380. The molecule has 1 aromatic carbocycles. The van der Waals surface area contributed by atoms with E-state index in [0.717, 1.165) is 4.68 Å². The summed E-state index contributed by atoms with van der Waals surface area (Å²) >= 11 is 0. The molecular weight excluding hydrogens is 495 g/mol. The summed E-state index contributed by atoms with van der Waals surface area (Å²) in [7, 11) is 0.